The second-order valence-corrected chi connectivity index (χ2v) is 9.26. The molecule has 1 saturated heterocycles. The molecule has 0 unspecified atom stereocenters. The van der Waals surface area contributed by atoms with Crippen molar-refractivity contribution in [1.82, 2.24) is 24.2 Å². The number of imidazole rings is 1. The number of hydrogen-bond acceptors (Lipinski definition) is 6. The molecule has 1 saturated carbocycles. The molecule has 5 N–H and O–H groups in total. The highest BCUT2D eigenvalue weighted by molar-refractivity contribution is 5.99. The summed E-state index contributed by atoms with van der Waals surface area (Å²) in [5.74, 6) is 3.79. The Morgan fingerprint density at radius 2 is 2.06 bits per heavy atom. The van der Waals surface area contributed by atoms with Gasteiger partial charge >= 0.3 is 0 Å². The maximum absolute atomic E-state index is 14.9. The first kappa shape index (κ1) is 23.6. The molecule has 5 rings (SSSR count). The number of aromatic nitrogens is 4. The minimum atomic E-state index is -0.828. The van der Waals surface area contributed by atoms with Crippen LogP contribution in [0.5, 0.6) is 0 Å². The smallest absolute Gasteiger partial charge is 0.255 e. The summed E-state index contributed by atoms with van der Waals surface area (Å²) in [4.78, 5) is 30.3. The van der Waals surface area contributed by atoms with Crippen LogP contribution in [-0.4, -0.2) is 59.8 Å². The number of carbonyl (C=O) groups is 2. The lowest BCUT2D eigenvalue weighted by atomic mass is 10.1. The molecule has 1 aliphatic heterocycles. The molecule has 3 heterocycles. The van der Waals surface area contributed by atoms with Crippen molar-refractivity contribution in [1.29, 1.82) is 0 Å². The maximum Gasteiger partial charge on any atom is 0.255 e. The quantitative estimate of drug-likeness (QED) is 0.364. The van der Waals surface area contributed by atoms with E-state index in [1.54, 1.807) is 19.3 Å². The lowest BCUT2D eigenvalue weighted by Crippen LogP contribution is -2.40. The Kier molecular flexibility index (Phi) is 5.76. The largest absolute Gasteiger partial charge is 0.391 e. The number of likely N-dealkylation sites (tertiary alicyclic amines) is 1. The Hall–Kier alpha value is -4.17. The Morgan fingerprint density at radius 3 is 2.69 bits per heavy atom. The standard InChI is InChI=1S/C25H26FN7O3/c1-3-22(35)31-11-16(9-20(31)13(2)34)33-24(27)23(25(28)36)18(30-33)7-4-14-8-19-21(10-17(14)26)32(12-29-19)15-5-6-15/h3,8,10,12-13,15-16,20,34H,1,5-6,9,11,27H2,2H3,(H2,28,36)/t13-,16+,20-/m1/s1. The molecule has 3 aromatic rings. The minimum Gasteiger partial charge on any atom is -0.391 e. The van der Waals surface area contributed by atoms with Crippen LogP contribution >= 0.6 is 0 Å². The highest BCUT2D eigenvalue weighted by Gasteiger charge is 2.39. The van der Waals surface area contributed by atoms with Crippen LogP contribution in [0.2, 0.25) is 0 Å². The molecule has 2 fully saturated rings. The van der Waals surface area contributed by atoms with Crippen molar-refractivity contribution in [3.63, 3.8) is 0 Å². The van der Waals surface area contributed by atoms with Gasteiger partial charge in [0.15, 0.2) is 5.69 Å². The number of rotatable bonds is 5. The van der Waals surface area contributed by atoms with Crippen molar-refractivity contribution in [2.75, 3.05) is 12.3 Å². The van der Waals surface area contributed by atoms with Crippen LogP contribution in [0.25, 0.3) is 11.0 Å². The normalized spacial score (nSPS) is 20.2. The first-order chi connectivity index (χ1) is 17.2. The van der Waals surface area contributed by atoms with Gasteiger partial charge in [-0.25, -0.2) is 14.1 Å². The van der Waals surface area contributed by atoms with Crippen LogP contribution in [0.15, 0.2) is 31.1 Å². The van der Waals surface area contributed by atoms with Gasteiger partial charge in [-0.05, 0) is 44.2 Å². The third-order valence-corrected chi connectivity index (χ3v) is 6.80. The van der Waals surface area contributed by atoms with Gasteiger partial charge in [-0.3, -0.25) is 9.59 Å². The summed E-state index contributed by atoms with van der Waals surface area (Å²) in [6.07, 6.45) is 4.53. The number of nitrogen functional groups attached to an aromatic ring is 1. The molecule has 0 spiro atoms. The number of benzene rings is 1. The monoisotopic (exact) mass is 491 g/mol. The Balaban J connectivity index is 1.50. The number of aliphatic hydroxyl groups is 1. The summed E-state index contributed by atoms with van der Waals surface area (Å²) in [6.45, 7) is 5.30. The van der Waals surface area contributed by atoms with E-state index in [4.69, 9.17) is 11.5 Å². The number of nitrogens with zero attached hydrogens (tertiary/aromatic N) is 5. The van der Waals surface area contributed by atoms with Gasteiger partial charge in [0, 0.05) is 18.7 Å². The SMILES string of the molecule is C=CC(=O)N1C[C@@H](n2nc(C#Cc3cc4ncn(C5CC5)c4cc3F)c(C(N)=O)c2N)C[C@@H]1[C@@H](C)O. The van der Waals surface area contributed by atoms with Gasteiger partial charge in [0.05, 0.1) is 41.1 Å². The second-order valence-electron chi connectivity index (χ2n) is 9.26. The summed E-state index contributed by atoms with van der Waals surface area (Å²) in [5.41, 5.74) is 13.2. The van der Waals surface area contributed by atoms with Crippen LogP contribution < -0.4 is 11.5 Å². The van der Waals surface area contributed by atoms with Gasteiger partial charge in [-0.15, -0.1) is 0 Å². The molecule has 186 valence electrons. The maximum atomic E-state index is 14.9. The number of hydrogen-bond donors (Lipinski definition) is 3. The highest BCUT2D eigenvalue weighted by atomic mass is 19.1. The number of primary amides is 1. The van der Waals surface area contributed by atoms with Gasteiger partial charge in [0.25, 0.3) is 5.91 Å². The first-order valence-electron chi connectivity index (χ1n) is 11.7. The Morgan fingerprint density at radius 1 is 1.31 bits per heavy atom. The number of halogens is 1. The molecule has 0 radical (unpaired) electrons. The van der Waals surface area contributed by atoms with Gasteiger partial charge in [0.2, 0.25) is 5.91 Å². The molecule has 10 nitrogen and oxygen atoms in total. The third-order valence-electron chi connectivity index (χ3n) is 6.80. The first-order valence-corrected chi connectivity index (χ1v) is 11.7. The zero-order chi connectivity index (χ0) is 25.7. The van der Waals surface area contributed by atoms with Crippen LogP contribution in [0, 0.1) is 17.7 Å². The number of aliphatic hydroxyl groups excluding tert-OH is 1. The van der Waals surface area contributed by atoms with Crippen LogP contribution in [0.1, 0.15) is 59.9 Å². The van der Waals surface area contributed by atoms with Gasteiger partial charge in [-0.1, -0.05) is 12.5 Å². The molecule has 2 aromatic heterocycles. The molecule has 1 aromatic carbocycles. The molecule has 1 aliphatic carbocycles. The average molecular weight is 492 g/mol. The number of nitrogens with two attached hydrogens (primary N) is 2. The molecule has 36 heavy (non-hydrogen) atoms. The molecular weight excluding hydrogens is 465 g/mol. The summed E-state index contributed by atoms with van der Waals surface area (Å²) in [6, 6.07) is 2.42. The van der Waals surface area contributed by atoms with E-state index in [2.05, 4.69) is 28.5 Å². The van der Waals surface area contributed by atoms with E-state index < -0.39 is 29.9 Å². The van der Waals surface area contributed by atoms with E-state index in [-0.39, 0.29) is 35.1 Å². The van der Waals surface area contributed by atoms with E-state index in [1.165, 1.54) is 21.7 Å². The fourth-order valence-electron chi connectivity index (χ4n) is 4.82. The summed E-state index contributed by atoms with van der Waals surface area (Å²) < 4.78 is 18.2. The predicted octanol–water partition coefficient (Wildman–Crippen LogP) is 1.50. The van der Waals surface area contributed by atoms with Crippen molar-refractivity contribution in [2.45, 2.75) is 50.4 Å². The van der Waals surface area contributed by atoms with Crippen LogP contribution in [-0.2, 0) is 4.79 Å². The predicted molar refractivity (Wildman–Crippen MR) is 130 cm³/mol. The van der Waals surface area contributed by atoms with E-state index in [0.717, 1.165) is 12.8 Å². The second kappa shape index (κ2) is 8.80. The molecule has 0 bridgehead atoms. The van der Waals surface area contributed by atoms with E-state index in [1.807, 2.05) is 4.57 Å². The van der Waals surface area contributed by atoms with Crippen molar-refractivity contribution < 1.29 is 19.1 Å². The van der Waals surface area contributed by atoms with Gasteiger partial charge < -0.3 is 26.0 Å². The highest BCUT2D eigenvalue weighted by Crippen LogP contribution is 2.37. The zero-order valence-corrected chi connectivity index (χ0v) is 19.7. The average Bonchev–Trinajstić information content (AvgIpc) is 3.30. The topological polar surface area (TPSA) is 145 Å². The molecular formula is C25H26FN7O3. The molecule has 3 atom stereocenters. The number of carbonyl (C=O) groups excluding carboxylic acids is 2. The van der Waals surface area contributed by atoms with E-state index >= 15 is 0 Å². The van der Waals surface area contributed by atoms with E-state index in [0.29, 0.717) is 23.5 Å². The van der Waals surface area contributed by atoms with Gasteiger partial charge in [-0.2, -0.15) is 5.10 Å². The number of amides is 2. The minimum absolute atomic E-state index is 0.00472. The summed E-state index contributed by atoms with van der Waals surface area (Å²) >= 11 is 0. The Bertz CT molecular complexity index is 1460. The third kappa shape index (κ3) is 3.99. The van der Waals surface area contributed by atoms with Crippen molar-refractivity contribution in [2.24, 2.45) is 5.73 Å². The zero-order valence-electron chi connectivity index (χ0n) is 19.7. The van der Waals surface area contributed by atoms with Crippen LogP contribution in [0.3, 0.4) is 0 Å². The fourth-order valence-corrected chi connectivity index (χ4v) is 4.82. The summed E-state index contributed by atoms with van der Waals surface area (Å²) in [5, 5.41) is 14.6. The van der Waals surface area contributed by atoms with Crippen LogP contribution in [0.4, 0.5) is 10.2 Å². The lowest BCUT2D eigenvalue weighted by molar-refractivity contribution is -0.128. The summed E-state index contributed by atoms with van der Waals surface area (Å²) in [7, 11) is 0. The van der Waals surface area contributed by atoms with Crippen molar-refractivity contribution in [3.8, 4) is 11.8 Å². The van der Waals surface area contributed by atoms with Gasteiger partial charge in [0.1, 0.15) is 17.2 Å². The Labute approximate surface area is 206 Å². The molecule has 2 aliphatic rings. The van der Waals surface area contributed by atoms with Crippen molar-refractivity contribution in [3.05, 3.63) is 53.8 Å². The number of anilines is 1. The molecule has 2 amide bonds. The van der Waals surface area contributed by atoms with E-state index in [9.17, 15) is 19.1 Å². The lowest BCUT2D eigenvalue weighted by Gasteiger charge is -2.25. The molecule has 11 heteroatoms. The number of fused-ring (bicyclic) bond motifs is 1. The van der Waals surface area contributed by atoms with Crippen molar-refractivity contribution >= 4 is 28.7 Å². The fraction of sp³-hybridized carbons (Fsp3) is 0.360.